The highest BCUT2D eigenvalue weighted by Crippen LogP contribution is 2.33. The second-order valence-electron chi connectivity index (χ2n) is 21.7. The number of nitrogens with two attached hydrogens (primary N) is 3. The first-order chi connectivity index (χ1) is 40.0. The fourth-order valence-electron chi connectivity index (χ4n) is 9.70. The van der Waals surface area contributed by atoms with Gasteiger partial charge in [-0.3, -0.25) is 14.4 Å². The Hall–Kier alpha value is -5.61. The number of imide groups is 1. The fraction of sp³-hybridized carbons (Fsp3) is 0.509. The van der Waals surface area contributed by atoms with Gasteiger partial charge in [0.05, 0.1) is 53.8 Å². The van der Waals surface area contributed by atoms with Crippen LogP contribution in [0.5, 0.6) is 0 Å². The Bertz CT molecular complexity index is 3000. The smallest absolute Gasteiger partial charge is 0.441 e. The van der Waals surface area contributed by atoms with Crippen molar-refractivity contribution in [1.29, 1.82) is 0 Å². The molecule has 4 aromatic rings. The van der Waals surface area contributed by atoms with Gasteiger partial charge in [0.25, 0.3) is 11.8 Å². The summed E-state index contributed by atoms with van der Waals surface area (Å²) in [5.74, 6) is -0.998. The summed E-state index contributed by atoms with van der Waals surface area (Å²) in [4.78, 5) is 51.8. The molecule has 468 valence electrons. The number of hydrogen-bond donors (Lipinski definition) is 6. The molecule has 5 fully saturated rings. The van der Waals surface area contributed by atoms with Gasteiger partial charge in [-0.25, -0.2) is 26.4 Å². The standard InChI is InChI=1S/C26H35N3O8S.C20H29N3O3S.C11H13NO7.HI/c1-17(2)13-29(38(32,33)20-10-8-19(27)9-11-20)14-22(30)21(12-18-6-4-3-5-7-18)28-26(31)37-23-15-34-25-24(23)35-16-36-25;1-15(2)13-23(27(25,26)18-10-8-17(21)9-11-18)14-20(24)19(22)12-16-6-4-3-5-7-16;13-8-1-2-9(14)12(8)19-11(15)18-7-5-17-10-6(7)3-4-16-10;/h3-11,17,21-25,30H,12-16,27H2,1-2H3,(H,28,31);3-11,15,19-20,24H,12-14,21-22H2,1-2H3;6-7,10H,1-5H2;1H/t21-,22+,23-,24-,25-;19-,20+;6-,7-,10+;/m000./s1. The summed E-state index contributed by atoms with van der Waals surface area (Å²) >= 11 is 0. The zero-order valence-electron chi connectivity index (χ0n) is 47.7. The molecule has 85 heavy (non-hydrogen) atoms. The first-order valence-corrected chi connectivity index (χ1v) is 30.6. The number of benzene rings is 4. The Morgan fingerprint density at radius 1 is 0.647 bits per heavy atom. The number of carbonyl (C=O) groups excluding carboxylic acids is 4. The average molecular weight is 1340 g/mol. The summed E-state index contributed by atoms with van der Waals surface area (Å²) < 4.78 is 92.9. The van der Waals surface area contributed by atoms with E-state index in [-0.39, 0.29) is 117 Å². The van der Waals surface area contributed by atoms with Crippen molar-refractivity contribution in [1.82, 2.24) is 19.0 Å². The van der Waals surface area contributed by atoms with Crippen LogP contribution in [0.25, 0.3) is 0 Å². The Balaban J connectivity index is 0.000000215. The maximum atomic E-state index is 13.5. The van der Waals surface area contributed by atoms with E-state index < -0.39 is 93.0 Å². The van der Waals surface area contributed by atoms with Crippen molar-refractivity contribution in [2.75, 3.05) is 64.3 Å². The number of amides is 3. The van der Waals surface area contributed by atoms with E-state index in [9.17, 15) is 46.2 Å². The van der Waals surface area contributed by atoms with Crippen LogP contribution in [0.1, 0.15) is 58.1 Å². The van der Waals surface area contributed by atoms with Gasteiger partial charge in [0.15, 0.2) is 31.6 Å². The Morgan fingerprint density at radius 3 is 1.67 bits per heavy atom. The summed E-state index contributed by atoms with van der Waals surface area (Å²) in [6.07, 6.45) is -5.07. The van der Waals surface area contributed by atoms with E-state index >= 15 is 0 Å². The molecule has 9 N–H and O–H groups in total. The van der Waals surface area contributed by atoms with Crippen LogP contribution < -0.4 is 22.5 Å². The number of hydroxylamine groups is 2. The van der Waals surface area contributed by atoms with Crippen LogP contribution in [0, 0.1) is 17.8 Å². The third kappa shape index (κ3) is 19.4. The van der Waals surface area contributed by atoms with Crippen molar-refractivity contribution in [3.8, 4) is 0 Å². The number of hydrogen-bond acceptors (Lipinski definition) is 21. The summed E-state index contributed by atoms with van der Waals surface area (Å²) in [7, 11) is -7.70. The third-order valence-corrected chi connectivity index (χ3v) is 17.7. The Labute approximate surface area is 512 Å². The molecule has 28 heteroatoms. The first-order valence-electron chi connectivity index (χ1n) is 27.7. The number of halogens is 1. The molecule has 0 bridgehead atoms. The number of sulfonamides is 2. The van der Waals surface area contributed by atoms with E-state index in [0.717, 1.165) is 17.5 Å². The molecule has 4 aromatic carbocycles. The largest absolute Gasteiger partial charge is 0.534 e. The molecule has 5 aliphatic rings. The van der Waals surface area contributed by atoms with E-state index in [4.69, 9.17) is 50.4 Å². The molecular formula is C57H78IN7O18S2. The highest BCUT2D eigenvalue weighted by molar-refractivity contribution is 14.0. The lowest BCUT2D eigenvalue weighted by Crippen LogP contribution is -2.52. The van der Waals surface area contributed by atoms with Crippen molar-refractivity contribution in [3.05, 3.63) is 120 Å². The van der Waals surface area contributed by atoms with Crippen LogP contribution in [0.4, 0.5) is 21.0 Å². The first kappa shape index (κ1) is 68.5. The molecule has 5 aliphatic heterocycles. The van der Waals surface area contributed by atoms with E-state index in [1.54, 1.807) is 12.1 Å². The van der Waals surface area contributed by atoms with Gasteiger partial charge in [-0.05, 0) is 90.8 Å². The number of nitrogens with one attached hydrogen (secondary N) is 1. The van der Waals surface area contributed by atoms with Crippen molar-refractivity contribution < 1.29 is 84.2 Å². The maximum Gasteiger partial charge on any atom is 0.534 e. The molecule has 0 radical (unpaired) electrons. The van der Waals surface area contributed by atoms with E-state index in [1.807, 2.05) is 88.4 Å². The molecule has 10 atom stereocenters. The average Bonchev–Trinajstić information content (AvgIpc) is 4.03. The topological polar surface area (TPSA) is 351 Å². The van der Waals surface area contributed by atoms with E-state index in [0.29, 0.717) is 36.0 Å². The SMILES string of the molecule is CC(C)CN(C[C@@H](O)[C@@H](N)Cc1ccccc1)S(=O)(=O)c1ccc(N)cc1.CC(C)CN(C[C@@H](O)[C@H](Cc1ccccc1)NC(=O)O[C@H]1CO[C@H]2OCO[C@H]21)S(=O)(=O)c1ccc(N)cc1.I.O=C(O[C@H]1CO[C@H]2OCC[C@H]21)ON1C(=O)CCC1=O. The number of anilines is 2. The Kier molecular flexibility index (Phi) is 25.7. The second-order valence-corrected chi connectivity index (χ2v) is 25.5. The van der Waals surface area contributed by atoms with Gasteiger partial charge in [0, 0.05) is 56.4 Å². The number of carbonyl (C=O) groups is 4. The minimum absolute atomic E-state index is 0. The molecule has 0 unspecified atom stereocenters. The zero-order valence-corrected chi connectivity index (χ0v) is 51.7. The van der Waals surface area contributed by atoms with E-state index in [2.05, 4.69) is 10.2 Å². The maximum absolute atomic E-state index is 13.5. The predicted octanol–water partition coefficient (Wildman–Crippen LogP) is 4.14. The Morgan fingerprint density at radius 2 is 1.14 bits per heavy atom. The molecule has 0 aliphatic carbocycles. The lowest BCUT2D eigenvalue weighted by Gasteiger charge is -2.31. The van der Waals surface area contributed by atoms with Gasteiger partial charge in [-0.1, -0.05) is 93.4 Å². The fourth-order valence-corrected chi connectivity index (χ4v) is 12.9. The van der Waals surface area contributed by atoms with E-state index in [1.165, 1.54) is 45.0 Å². The van der Waals surface area contributed by atoms with Gasteiger partial charge in [0.1, 0.15) is 6.10 Å². The quantitative estimate of drug-likeness (QED) is 0.0279. The number of alkyl carbamates (subject to hydrolysis) is 1. The number of fused-ring (bicyclic) bond motifs is 2. The number of nitrogens with zero attached hydrogens (tertiary/aromatic N) is 3. The molecule has 5 heterocycles. The van der Waals surface area contributed by atoms with Gasteiger partial charge in [-0.2, -0.15) is 8.61 Å². The number of rotatable bonds is 22. The molecule has 25 nitrogen and oxygen atoms in total. The summed E-state index contributed by atoms with van der Waals surface area (Å²) in [6.45, 7) is 8.78. The highest BCUT2D eigenvalue weighted by atomic mass is 127. The van der Waals surface area contributed by atoms with Gasteiger partial charge in [-0.15, -0.1) is 24.0 Å². The van der Waals surface area contributed by atoms with Crippen LogP contribution in [0.3, 0.4) is 0 Å². The van der Waals surface area contributed by atoms with Gasteiger partial charge >= 0.3 is 12.2 Å². The minimum atomic E-state index is -3.94. The van der Waals surface area contributed by atoms with Crippen LogP contribution in [-0.2, 0) is 80.5 Å². The van der Waals surface area contributed by atoms with Crippen molar-refractivity contribution in [2.24, 2.45) is 23.5 Å². The van der Waals surface area contributed by atoms with Crippen LogP contribution in [0.15, 0.2) is 119 Å². The number of nitrogen functional groups attached to an aromatic ring is 2. The molecule has 0 aromatic heterocycles. The lowest BCUT2D eigenvalue weighted by atomic mass is 10.0. The van der Waals surface area contributed by atoms with Crippen LogP contribution in [0.2, 0.25) is 0 Å². The summed E-state index contributed by atoms with van der Waals surface area (Å²) in [5.41, 5.74) is 20.3. The molecule has 0 saturated carbocycles. The molecule has 3 amide bonds. The van der Waals surface area contributed by atoms with Crippen molar-refractivity contribution in [2.45, 2.75) is 125 Å². The number of ether oxygens (including phenoxy) is 7. The minimum Gasteiger partial charge on any atom is -0.441 e. The zero-order chi connectivity index (χ0) is 60.7. The molecular weight excluding hydrogens is 1260 g/mol. The molecule has 9 rings (SSSR count). The monoisotopic (exact) mass is 1340 g/mol. The van der Waals surface area contributed by atoms with Crippen molar-refractivity contribution in [3.63, 3.8) is 0 Å². The predicted molar refractivity (Wildman–Crippen MR) is 319 cm³/mol. The summed E-state index contributed by atoms with van der Waals surface area (Å²) in [5, 5.41) is 25.1. The summed E-state index contributed by atoms with van der Waals surface area (Å²) in [6, 6.07) is 29.4. The highest BCUT2D eigenvalue weighted by Gasteiger charge is 2.47. The van der Waals surface area contributed by atoms with Gasteiger partial charge in [0.2, 0.25) is 20.0 Å². The van der Waals surface area contributed by atoms with Crippen LogP contribution >= 0.6 is 24.0 Å². The number of aliphatic hydroxyl groups is 2. The second kappa shape index (κ2) is 31.9. The number of aliphatic hydroxyl groups excluding tert-OH is 2. The normalized spacial score (nSPS) is 22.3. The van der Waals surface area contributed by atoms with Gasteiger partial charge < -0.3 is 65.9 Å². The van der Waals surface area contributed by atoms with Crippen LogP contribution in [-0.4, -0.2) is 173 Å². The van der Waals surface area contributed by atoms with Crippen molar-refractivity contribution >= 4 is 79.5 Å². The third-order valence-electron chi connectivity index (χ3n) is 14.0. The lowest BCUT2D eigenvalue weighted by molar-refractivity contribution is -0.179. The molecule has 5 saturated heterocycles. The molecule has 0 spiro atoms.